The Morgan fingerprint density at radius 2 is 2.56 bits per heavy atom. The first kappa shape index (κ1) is 13.0. The van der Waals surface area contributed by atoms with Crippen LogP contribution in [-0.4, -0.2) is 54.0 Å². The van der Waals surface area contributed by atoms with Gasteiger partial charge in [-0.25, -0.2) is 0 Å². The van der Waals surface area contributed by atoms with Crippen molar-refractivity contribution in [2.75, 3.05) is 33.0 Å². The van der Waals surface area contributed by atoms with Crippen molar-refractivity contribution in [3.63, 3.8) is 0 Å². The number of carbonyl (C=O) groups is 1. The molecule has 0 saturated carbocycles. The minimum Gasteiger partial charge on any atom is -0.377 e. The Morgan fingerprint density at radius 3 is 3.22 bits per heavy atom. The molecule has 1 aromatic heterocycles. The number of rotatable bonds is 4. The van der Waals surface area contributed by atoms with Crippen LogP contribution in [0.5, 0.6) is 0 Å². The molecule has 0 radical (unpaired) electrons. The van der Waals surface area contributed by atoms with E-state index in [4.69, 9.17) is 9.47 Å². The van der Waals surface area contributed by atoms with Crippen molar-refractivity contribution in [1.29, 1.82) is 0 Å². The molecule has 1 saturated heterocycles. The van der Waals surface area contributed by atoms with Crippen LogP contribution in [0.4, 0.5) is 0 Å². The van der Waals surface area contributed by atoms with Gasteiger partial charge in [-0.15, -0.1) is 0 Å². The Kier molecular flexibility index (Phi) is 4.33. The molecule has 1 aromatic rings. The lowest BCUT2D eigenvalue weighted by atomic mass is 10.1. The van der Waals surface area contributed by atoms with Gasteiger partial charge in [-0.1, -0.05) is 0 Å². The van der Waals surface area contributed by atoms with E-state index >= 15 is 0 Å². The summed E-state index contributed by atoms with van der Waals surface area (Å²) in [7, 11) is 0. The van der Waals surface area contributed by atoms with Crippen LogP contribution < -0.4 is 0 Å². The van der Waals surface area contributed by atoms with Gasteiger partial charge < -0.3 is 14.4 Å². The molecule has 0 unspecified atom stereocenters. The highest BCUT2D eigenvalue weighted by atomic mass is 16.5. The molecule has 1 N–H and O–H groups in total. The number of aromatic nitrogens is 2. The number of hydrogen-bond donors (Lipinski definition) is 1. The van der Waals surface area contributed by atoms with E-state index in [1.807, 2.05) is 13.8 Å². The zero-order chi connectivity index (χ0) is 13.0. The molecular formula is C12H19N3O3. The summed E-state index contributed by atoms with van der Waals surface area (Å²) < 4.78 is 10.6. The summed E-state index contributed by atoms with van der Waals surface area (Å²) in [6.45, 7) is 6.18. The van der Waals surface area contributed by atoms with Gasteiger partial charge in [0.15, 0.2) is 0 Å². The Labute approximate surface area is 106 Å². The van der Waals surface area contributed by atoms with Gasteiger partial charge in [0.25, 0.3) is 0 Å². The van der Waals surface area contributed by atoms with Crippen molar-refractivity contribution in [3.05, 3.63) is 17.5 Å². The predicted octanol–water partition coefficient (Wildman–Crippen LogP) is 0.655. The van der Waals surface area contributed by atoms with E-state index in [-0.39, 0.29) is 18.6 Å². The first-order valence-corrected chi connectivity index (χ1v) is 6.18. The molecule has 6 nitrogen and oxygen atoms in total. The van der Waals surface area contributed by atoms with Crippen LogP contribution in [-0.2, 0) is 14.3 Å². The average Bonchev–Trinajstić information content (AvgIpc) is 2.82. The van der Waals surface area contributed by atoms with Gasteiger partial charge in [0.05, 0.1) is 31.1 Å². The number of H-pyrrole nitrogens is 1. The summed E-state index contributed by atoms with van der Waals surface area (Å²) in [5, 5.41) is 6.95. The van der Waals surface area contributed by atoms with Crippen molar-refractivity contribution in [2.24, 2.45) is 0 Å². The van der Waals surface area contributed by atoms with Gasteiger partial charge in [-0.05, 0) is 19.4 Å². The molecule has 0 aromatic carbocycles. The van der Waals surface area contributed by atoms with Gasteiger partial charge in [0, 0.05) is 13.2 Å². The standard InChI is InChI=1S/C12H19N3O3/c1-3-17-8-11(16)15-4-5-18-7-10(15)12-9(2)6-13-14-12/h6,10H,3-5,7-8H2,1-2H3,(H,13,14)/t10-/m0/s1. The molecule has 1 aliphatic rings. The highest BCUT2D eigenvalue weighted by Crippen LogP contribution is 2.24. The highest BCUT2D eigenvalue weighted by Gasteiger charge is 2.30. The maximum atomic E-state index is 12.1. The zero-order valence-corrected chi connectivity index (χ0v) is 10.8. The number of nitrogens with zero attached hydrogens (tertiary/aromatic N) is 2. The molecule has 6 heteroatoms. The third-order valence-electron chi connectivity index (χ3n) is 3.08. The Bertz CT molecular complexity index is 405. The Hall–Kier alpha value is -1.40. The van der Waals surface area contributed by atoms with Crippen molar-refractivity contribution in [1.82, 2.24) is 15.1 Å². The maximum absolute atomic E-state index is 12.1. The van der Waals surface area contributed by atoms with Crippen LogP contribution in [0.2, 0.25) is 0 Å². The van der Waals surface area contributed by atoms with Crippen LogP contribution in [0.3, 0.4) is 0 Å². The summed E-state index contributed by atoms with van der Waals surface area (Å²) in [6, 6.07) is -0.0887. The van der Waals surface area contributed by atoms with Crippen LogP contribution >= 0.6 is 0 Å². The molecule has 0 bridgehead atoms. The third kappa shape index (κ3) is 2.70. The molecular weight excluding hydrogens is 234 g/mol. The zero-order valence-electron chi connectivity index (χ0n) is 10.8. The quantitative estimate of drug-likeness (QED) is 0.855. The second-order valence-electron chi connectivity index (χ2n) is 4.28. The molecule has 100 valence electrons. The molecule has 0 spiro atoms. The fourth-order valence-electron chi connectivity index (χ4n) is 2.11. The van der Waals surface area contributed by atoms with Crippen LogP contribution in [0.1, 0.15) is 24.2 Å². The number of amides is 1. The maximum Gasteiger partial charge on any atom is 0.249 e. The molecule has 1 fully saturated rings. The van der Waals surface area contributed by atoms with Crippen molar-refractivity contribution in [2.45, 2.75) is 19.9 Å². The molecule has 2 rings (SSSR count). The average molecular weight is 253 g/mol. The monoisotopic (exact) mass is 253 g/mol. The second kappa shape index (κ2) is 5.97. The van der Waals surface area contributed by atoms with Crippen molar-refractivity contribution >= 4 is 5.91 Å². The fourth-order valence-corrected chi connectivity index (χ4v) is 2.11. The van der Waals surface area contributed by atoms with E-state index in [0.29, 0.717) is 26.4 Å². The van der Waals surface area contributed by atoms with E-state index in [0.717, 1.165) is 11.3 Å². The van der Waals surface area contributed by atoms with Gasteiger partial charge in [-0.3, -0.25) is 9.89 Å². The first-order valence-electron chi connectivity index (χ1n) is 6.18. The van der Waals surface area contributed by atoms with Gasteiger partial charge in [-0.2, -0.15) is 5.10 Å². The molecule has 0 aliphatic carbocycles. The van der Waals surface area contributed by atoms with E-state index in [1.54, 1.807) is 11.1 Å². The summed E-state index contributed by atoms with van der Waals surface area (Å²) in [4.78, 5) is 13.9. The van der Waals surface area contributed by atoms with E-state index in [1.165, 1.54) is 0 Å². The number of carbonyl (C=O) groups excluding carboxylic acids is 1. The van der Waals surface area contributed by atoms with Gasteiger partial charge >= 0.3 is 0 Å². The fraction of sp³-hybridized carbons (Fsp3) is 0.667. The largest absolute Gasteiger partial charge is 0.377 e. The van der Waals surface area contributed by atoms with Crippen LogP contribution in [0.15, 0.2) is 6.20 Å². The highest BCUT2D eigenvalue weighted by molar-refractivity contribution is 5.78. The summed E-state index contributed by atoms with van der Waals surface area (Å²) in [5.74, 6) is -0.000787. The Morgan fingerprint density at radius 1 is 1.72 bits per heavy atom. The number of ether oxygens (including phenoxy) is 2. The van der Waals surface area contributed by atoms with Crippen molar-refractivity contribution in [3.8, 4) is 0 Å². The lowest BCUT2D eigenvalue weighted by Crippen LogP contribution is -2.45. The summed E-state index contributed by atoms with van der Waals surface area (Å²) in [5.41, 5.74) is 1.99. The third-order valence-corrected chi connectivity index (χ3v) is 3.08. The SMILES string of the molecule is CCOCC(=O)N1CCOC[C@H]1c1[nH]ncc1C. The summed E-state index contributed by atoms with van der Waals surface area (Å²) in [6.07, 6.45) is 1.76. The number of nitrogens with one attached hydrogen (secondary N) is 1. The lowest BCUT2D eigenvalue weighted by molar-refractivity contribution is -0.145. The smallest absolute Gasteiger partial charge is 0.249 e. The number of morpholine rings is 1. The molecule has 1 amide bonds. The van der Waals surface area contributed by atoms with E-state index in [9.17, 15) is 4.79 Å². The van der Waals surface area contributed by atoms with Crippen LogP contribution in [0.25, 0.3) is 0 Å². The Balaban J connectivity index is 2.11. The minimum absolute atomic E-state index is 0.000787. The molecule has 1 aliphatic heterocycles. The first-order chi connectivity index (χ1) is 8.74. The second-order valence-corrected chi connectivity index (χ2v) is 4.28. The normalized spacial score (nSPS) is 20.1. The van der Waals surface area contributed by atoms with E-state index in [2.05, 4.69) is 10.2 Å². The number of aromatic amines is 1. The number of hydrogen-bond acceptors (Lipinski definition) is 4. The van der Waals surface area contributed by atoms with Gasteiger partial charge in [0.1, 0.15) is 6.61 Å². The van der Waals surface area contributed by atoms with Crippen molar-refractivity contribution < 1.29 is 14.3 Å². The van der Waals surface area contributed by atoms with Gasteiger partial charge in [0.2, 0.25) is 5.91 Å². The molecule has 1 atom stereocenters. The lowest BCUT2D eigenvalue weighted by Gasteiger charge is -2.35. The predicted molar refractivity (Wildman–Crippen MR) is 65.1 cm³/mol. The van der Waals surface area contributed by atoms with Crippen LogP contribution in [0, 0.1) is 6.92 Å². The molecule has 18 heavy (non-hydrogen) atoms. The molecule has 2 heterocycles. The summed E-state index contributed by atoms with van der Waals surface area (Å²) >= 11 is 0. The topological polar surface area (TPSA) is 67.4 Å². The minimum atomic E-state index is -0.0887. The number of aryl methyl sites for hydroxylation is 1. The van der Waals surface area contributed by atoms with E-state index < -0.39 is 0 Å².